The summed E-state index contributed by atoms with van der Waals surface area (Å²) in [6.07, 6.45) is -0.947. The molecule has 0 amide bonds. The standard InChI is InChI=1S/C16H18FNO3S/c1-11-5-3-4-6-14(11)16(19)10-18-22(20,21)13-7-8-15(17)12(2)9-13/h3-9,16,18-19H,10H2,1-2H3. The van der Waals surface area contributed by atoms with Gasteiger partial charge in [0.25, 0.3) is 0 Å². The molecular weight excluding hydrogens is 305 g/mol. The molecule has 0 heterocycles. The monoisotopic (exact) mass is 323 g/mol. The molecular formula is C16H18FNO3S. The summed E-state index contributed by atoms with van der Waals surface area (Å²) >= 11 is 0. The van der Waals surface area contributed by atoms with Gasteiger partial charge < -0.3 is 5.11 Å². The summed E-state index contributed by atoms with van der Waals surface area (Å²) in [6.45, 7) is 3.19. The Kier molecular flexibility index (Phi) is 4.95. The zero-order chi connectivity index (χ0) is 16.3. The second kappa shape index (κ2) is 6.56. The number of rotatable bonds is 5. The van der Waals surface area contributed by atoms with Crippen molar-refractivity contribution in [2.45, 2.75) is 24.8 Å². The molecule has 4 nitrogen and oxygen atoms in total. The third-order valence-corrected chi connectivity index (χ3v) is 4.88. The molecule has 2 aromatic rings. The molecule has 0 aliphatic heterocycles. The maximum atomic E-state index is 13.2. The number of aryl methyl sites for hydroxylation is 2. The highest BCUT2D eigenvalue weighted by Crippen LogP contribution is 2.18. The first-order valence-corrected chi connectivity index (χ1v) is 8.29. The van der Waals surface area contributed by atoms with Crippen LogP contribution in [0.3, 0.4) is 0 Å². The fourth-order valence-corrected chi connectivity index (χ4v) is 3.25. The van der Waals surface area contributed by atoms with Gasteiger partial charge in [0.05, 0.1) is 11.0 Å². The van der Waals surface area contributed by atoms with E-state index in [1.54, 1.807) is 12.1 Å². The van der Waals surface area contributed by atoms with E-state index in [1.807, 2.05) is 19.1 Å². The van der Waals surface area contributed by atoms with E-state index in [1.165, 1.54) is 19.1 Å². The van der Waals surface area contributed by atoms with Gasteiger partial charge in [0.15, 0.2) is 0 Å². The van der Waals surface area contributed by atoms with E-state index in [0.29, 0.717) is 5.56 Å². The Morgan fingerprint density at radius 3 is 2.45 bits per heavy atom. The number of aliphatic hydroxyl groups is 1. The average molecular weight is 323 g/mol. The predicted octanol–water partition coefficient (Wildman–Crippen LogP) is 2.45. The zero-order valence-electron chi connectivity index (χ0n) is 12.4. The van der Waals surface area contributed by atoms with Crippen LogP contribution in [0.5, 0.6) is 0 Å². The molecule has 0 aromatic heterocycles. The van der Waals surface area contributed by atoms with Gasteiger partial charge in [0.2, 0.25) is 10.0 Å². The fourth-order valence-electron chi connectivity index (χ4n) is 2.13. The minimum atomic E-state index is -3.79. The molecule has 0 bridgehead atoms. The van der Waals surface area contributed by atoms with E-state index >= 15 is 0 Å². The largest absolute Gasteiger partial charge is 0.387 e. The summed E-state index contributed by atoms with van der Waals surface area (Å²) in [6, 6.07) is 10.8. The number of nitrogens with one attached hydrogen (secondary N) is 1. The van der Waals surface area contributed by atoms with E-state index in [-0.39, 0.29) is 17.0 Å². The highest BCUT2D eigenvalue weighted by molar-refractivity contribution is 7.89. The van der Waals surface area contributed by atoms with Gasteiger partial charge in [-0.2, -0.15) is 0 Å². The lowest BCUT2D eigenvalue weighted by molar-refractivity contribution is 0.181. The van der Waals surface area contributed by atoms with Crippen LogP contribution >= 0.6 is 0 Å². The lowest BCUT2D eigenvalue weighted by Crippen LogP contribution is -2.28. The normalized spacial score (nSPS) is 13.1. The molecule has 6 heteroatoms. The smallest absolute Gasteiger partial charge is 0.240 e. The Labute approximate surface area is 129 Å². The molecule has 0 aliphatic carbocycles. The van der Waals surface area contributed by atoms with Crippen molar-refractivity contribution in [2.75, 3.05) is 6.54 Å². The molecule has 22 heavy (non-hydrogen) atoms. The molecule has 2 aromatic carbocycles. The zero-order valence-corrected chi connectivity index (χ0v) is 13.2. The van der Waals surface area contributed by atoms with E-state index in [2.05, 4.69) is 4.72 Å². The van der Waals surface area contributed by atoms with Crippen LogP contribution < -0.4 is 4.72 Å². The second-order valence-electron chi connectivity index (χ2n) is 5.14. The van der Waals surface area contributed by atoms with E-state index < -0.39 is 21.9 Å². The first kappa shape index (κ1) is 16.6. The third-order valence-electron chi connectivity index (χ3n) is 3.45. The SMILES string of the molecule is Cc1cc(S(=O)(=O)NCC(O)c2ccccc2C)ccc1F. The van der Waals surface area contributed by atoms with Gasteiger partial charge in [0.1, 0.15) is 5.82 Å². The van der Waals surface area contributed by atoms with Crippen molar-refractivity contribution in [3.63, 3.8) is 0 Å². The molecule has 0 aliphatic rings. The minimum Gasteiger partial charge on any atom is -0.387 e. The molecule has 0 saturated heterocycles. The van der Waals surface area contributed by atoms with Crippen LogP contribution in [0, 0.1) is 19.7 Å². The van der Waals surface area contributed by atoms with Crippen molar-refractivity contribution in [2.24, 2.45) is 0 Å². The molecule has 2 rings (SSSR count). The van der Waals surface area contributed by atoms with Crippen LogP contribution in [0.2, 0.25) is 0 Å². The summed E-state index contributed by atoms with van der Waals surface area (Å²) in [5, 5.41) is 10.1. The summed E-state index contributed by atoms with van der Waals surface area (Å²) < 4.78 is 39.9. The van der Waals surface area contributed by atoms with Crippen molar-refractivity contribution in [3.05, 3.63) is 65.0 Å². The third kappa shape index (κ3) is 3.71. The summed E-state index contributed by atoms with van der Waals surface area (Å²) in [5.41, 5.74) is 1.80. The van der Waals surface area contributed by atoms with Crippen LogP contribution in [0.1, 0.15) is 22.8 Å². The van der Waals surface area contributed by atoms with Crippen molar-refractivity contribution >= 4 is 10.0 Å². The molecule has 0 saturated carbocycles. The Balaban J connectivity index is 2.13. The quantitative estimate of drug-likeness (QED) is 0.888. The highest BCUT2D eigenvalue weighted by Gasteiger charge is 2.18. The average Bonchev–Trinajstić information content (AvgIpc) is 2.48. The molecule has 2 N–H and O–H groups in total. The van der Waals surface area contributed by atoms with Gasteiger partial charge in [-0.25, -0.2) is 17.5 Å². The number of benzene rings is 2. The Morgan fingerprint density at radius 1 is 1.14 bits per heavy atom. The van der Waals surface area contributed by atoms with Gasteiger partial charge in [-0.3, -0.25) is 0 Å². The first-order valence-electron chi connectivity index (χ1n) is 6.80. The number of aliphatic hydroxyl groups excluding tert-OH is 1. The molecule has 0 radical (unpaired) electrons. The second-order valence-corrected chi connectivity index (χ2v) is 6.90. The topological polar surface area (TPSA) is 66.4 Å². The Bertz CT molecular complexity index is 775. The van der Waals surface area contributed by atoms with E-state index in [4.69, 9.17) is 0 Å². The molecule has 0 spiro atoms. The van der Waals surface area contributed by atoms with Crippen LogP contribution in [0.4, 0.5) is 4.39 Å². The number of halogens is 1. The van der Waals surface area contributed by atoms with Crippen LogP contribution in [-0.2, 0) is 10.0 Å². The van der Waals surface area contributed by atoms with Crippen LogP contribution in [0.15, 0.2) is 47.4 Å². The molecule has 1 unspecified atom stereocenters. The maximum Gasteiger partial charge on any atom is 0.240 e. The molecule has 1 atom stereocenters. The van der Waals surface area contributed by atoms with Gasteiger partial charge in [-0.1, -0.05) is 24.3 Å². The van der Waals surface area contributed by atoms with Crippen molar-refractivity contribution in [3.8, 4) is 0 Å². The molecule has 118 valence electrons. The first-order chi connectivity index (χ1) is 10.3. The lowest BCUT2D eigenvalue weighted by atomic mass is 10.0. The van der Waals surface area contributed by atoms with Crippen molar-refractivity contribution < 1.29 is 17.9 Å². The maximum absolute atomic E-state index is 13.2. The predicted molar refractivity (Wildman–Crippen MR) is 82.5 cm³/mol. The fraction of sp³-hybridized carbons (Fsp3) is 0.250. The minimum absolute atomic E-state index is 0.0246. The Morgan fingerprint density at radius 2 is 1.82 bits per heavy atom. The van der Waals surface area contributed by atoms with Crippen LogP contribution in [0.25, 0.3) is 0 Å². The number of hydrogen-bond donors (Lipinski definition) is 2. The number of sulfonamides is 1. The van der Waals surface area contributed by atoms with Crippen molar-refractivity contribution in [1.29, 1.82) is 0 Å². The summed E-state index contributed by atoms with van der Waals surface area (Å²) in [5.74, 6) is -0.459. The number of hydrogen-bond acceptors (Lipinski definition) is 3. The summed E-state index contributed by atoms with van der Waals surface area (Å²) in [7, 11) is -3.79. The summed E-state index contributed by atoms with van der Waals surface area (Å²) in [4.78, 5) is -0.0246. The Hall–Kier alpha value is -1.76. The van der Waals surface area contributed by atoms with Gasteiger partial charge in [-0.15, -0.1) is 0 Å². The van der Waals surface area contributed by atoms with E-state index in [9.17, 15) is 17.9 Å². The molecule has 0 fully saturated rings. The highest BCUT2D eigenvalue weighted by atomic mass is 32.2. The lowest BCUT2D eigenvalue weighted by Gasteiger charge is -2.15. The van der Waals surface area contributed by atoms with Gasteiger partial charge >= 0.3 is 0 Å². The van der Waals surface area contributed by atoms with E-state index in [0.717, 1.165) is 11.6 Å². The van der Waals surface area contributed by atoms with Gasteiger partial charge in [0, 0.05) is 6.54 Å². The van der Waals surface area contributed by atoms with Gasteiger partial charge in [-0.05, 0) is 48.7 Å². The van der Waals surface area contributed by atoms with Crippen molar-refractivity contribution in [1.82, 2.24) is 4.72 Å². The van der Waals surface area contributed by atoms with Crippen LogP contribution in [-0.4, -0.2) is 20.1 Å².